The fourth-order valence-corrected chi connectivity index (χ4v) is 4.33. The Bertz CT molecular complexity index is 934. The van der Waals surface area contributed by atoms with Gasteiger partial charge in [-0.25, -0.2) is 21.1 Å². The zero-order valence-corrected chi connectivity index (χ0v) is 16.8. The Labute approximate surface area is 156 Å². The number of benzene rings is 2. The van der Waals surface area contributed by atoms with E-state index in [1.807, 2.05) is 19.1 Å². The molecule has 0 aliphatic carbocycles. The quantitative estimate of drug-likeness (QED) is 0.743. The second kappa shape index (κ2) is 8.20. The number of hydrogen-bond acceptors (Lipinski definition) is 4. The van der Waals surface area contributed by atoms with Crippen LogP contribution in [-0.4, -0.2) is 41.0 Å². The van der Waals surface area contributed by atoms with Crippen LogP contribution in [0.3, 0.4) is 0 Å². The van der Waals surface area contributed by atoms with Gasteiger partial charge in [-0.3, -0.25) is 4.72 Å². The summed E-state index contributed by atoms with van der Waals surface area (Å²) in [6, 6.07) is 13.5. The second-order valence-corrected chi connectivity index (χ2v) is 10.1. The van der Waals surface area contributed by atoms with E-state index in [0.717, 1.165) is 21.9 Å². The van der Waals surface area contributed by atoms with Crippen LogP contribution in [0.25, 0.3) is 0 Å². The highest BCUT2D eigenvalue weighted by atomic mass is 32.2. The molecule has 2 aromatic carbocycles. The maximum atomic E-state index is 12.2. The molecule has 1 N–H and O–H groups in total. The maximum Gasteiger partial charge on any atom is 0.242 e. The topological polar surface area (TPSA) is 83.5 Å². The van der Waals surface area contributed by atoms with Crippen molar-refractivity contribution in [3.63, 3.8) is 0 Å². The predicted octanol–water partition coefficient (Wildman–Crippen LogP) is 2.48. The third kappa shape index (κ3) is 5.30. The van der Waals surface area contributed by atoms with Crippen LogP contribution < -0.4 is 4.72 Å². The summed E-state index contributed by atoms with van der Waals surface area (Å²) in [6.45, 7) is 2.04. The number of hydrogen-bond donors (Lipinski definition) is 1. The van der Waals surface area contributed by atoms with Crippen molar-refractivity contribution in [2.75, 3.05) is 24.6 Å². The first-order valence-electron chi connectivity index (χ1n) is 8.25. The van der Waals surface area contributed by atoms with Gasteiger partial charge in [0, 0.05) is 19.8 Å². The molecule has 2 aromatic rings. The third-order valence-electron chi connectivity index (χ3n) is 4.00. The van der Waals surface area contributed by atoms with E-state index < -0.39 is 20.0 Å². The van der Waals surface area contributed by atoms with Crippen LogP contribution in [0.2, 0.25) is 0 Å². The first-order valence-corrected chi connectivity index (χ1v) is 11.3. The van der Waals surface area contributed by atoms with Gasteiger partial charge in [-0.2, -0.15) is 0 Å². The summed E-state index contributed by atoms with van der Waals surface area (Å²) in [5.74, 6) is -0.0810. The Morgan fingerprint density at radius 2 is 1.38 bits per heavy atom. The van der Waals surface area contributed by atoms with Gasteiger partial charge in [0.15, 0.2) is 0 Å². The van der Waals surface area contributed by atoms with E-state index in [-0.39, 0.29) is 10.6 Å². The molecule has 26 heavy (non-hydrogen) atoms. The van der Waals surface area contributed by atoms with E-state index in [2.05, 4.69) is 4.72 Å². The van der Waals surface area contributed by atoms with Crippen molar-refractivity contribution in [1.29, 1.82) is 0 Å². The molecule has 142 valence electrons. The summed E-state index contributed by atoms with van der Waals surface area (Å²) in [5.41, 5.74) is 2.43. The minimum atomic E-state index is -3.48. The summed E-state index contributed by atoms with van der Waals surface area (Å²) in [5, 5.41) is 0. The van der Waals surface area contributed by atoms with Gasteiger partial charge in [-0.05, 0) is 48.2 Å². The van der Waals surface area contributed by atoms with Crippen molar-refractivity contribution in [3.8, 4) is 0 Å². The van der Waals surface area contributed by atoms with E-state index >= 15 is 0 Å². The molecule has 0 saturated carbocycles. The van der Waals surface area contributed by atoms with Crippen LogP contribution >= 0.6 is 0 Å². The van der Waals surface area contributed by atoms with E-state index in [1.165, 1.54) is 26.2 Å². The van der Waals surface area contributed by atoms with Crippen LogP contribution in [0, 0.1) is 0 Å². The molecular weight excluding hydrogens is 372 g/mol. The number of nitrogens with one attached hydrogen (secondary N) is 1. The SMILES string of the molecule is CCc1ccc(NS(=O)(=O)CCc2ccc(S(=O)(=O)N(C)C)cc2)cc1. The smallest absolute Gasteiger partial charge is 0.242 e. The Balaban J connectivity index is 2.00. The first-order chi connectivity index (χ1) is 12.1. The molecule has 0 fully saturated rings. The van der Waals surface area contributed by atoms with Gasteiger partial charge in [0.25, 0.3) is 0 Å². The molecule has 0 saturated heterocycles. The molecule has 0 heterocycles. The minimum Gasteiger partial charge on any atom is -0.284 e. The van der Waals surface area contributed by atoms with Crippen LogP contribution in [0.4, 0.5) is 5.69 Å². The summed E-state index contributed by atoms with van der Waals surface area (Å²) in [7, 11) is -4.03. The molecule has 2 rings (SSSR count). The van der Waals surface area contributed by atoms with Gasteiger partial charge in [-0.1, -0.05) is 31.2 Å². The fourth-order valence-electron chi connectivity index (χ4n) is 2.33. The Kier molecular flexibility index (Phi) is 6.44. The molecule has 6 nitrogen and oxygen atoms in total. The second-order valence-electron chi connectivity index (χ2n) is 6.15. The van der Waals surface area contributed by atoms with Gasteiger partial charge in [0.05, 0.1) is 10.6 Å². The molecule has 0 atom stereocenters. The zero-order valence-electron chi connectivity index (χ0n) is 15.1. The van der Waals surface area contributed by atoms with Crippen LogP contribution in [0.15, 0.2) is 53.4 Å². The van der Waals surface area contributed by atoms with Crippen molar-refractivity contribution in [1.82, 2.24) is 4.31 Å². The van der Waals surface area contributed by atoms with Crippen molar-refractivity contribution < 1.29 is 16.8 Å². The summed E-state index contributed by atoms with van der Waals surface area (Å²) in [6.07, 6.45) is 1.19. The standard InChI is InChI=1S/C18H24N2O4S2/c1-4-15-5-9-17(10-6-15)19-25(21,22)14-13-16-7-11-18(12-8-16)26(23,24)20(2)3/h5-12,19H,4,13-14H2,1-3H3. The van der Waals surface area contributed by atoms with Crippen molar-refractivity contribution >= 4 is 25.7 Å². The monoisotopic (exact) mass is 396 g/mol. The summed E-state index contributed by atoms with van der Waals surface area (Å²) < 4.78 is 52.2. The van der Waals surface area contributed by atoms with E-state index in [0.29, 0.717) is 12.1 Å². The first kappa shape index (κ1) is 20.4. The van der Waals surface area contributed by atoms with Crippen LogP contribution in [0.5, 0.6) is 0 Å². The lowest BCUT2D eigenvalue weighted by molar-refractivity contribution is 0.520. The number of rotatable bonds is 8. The maximum absolute atomic E-state index is 12.2. The summed E-state index contributed by atoms with van der Waals surface area (Å²) in [4.78, 5) is 0.184. The van der Waals surface area contributed by atoms with Crippen molar-refractivity contribution in [3.05, 3.63) is 59.7 Å². The molecule has 0 aliphatic rings. The van der Waals surface area contributed by atoms with Gasteiger partial charge in [0.1, 0.15) is 0 Å². The third-order valence-corrected chi connectivity index (χ3v) is 7.11. The summed E-state index contributed by atoms with van der Waals surface area (Å²) >= 11 is 0. The van der Waals surface area contributed by atoms with Gasteiger partial charge in [-0.15, -0.1) is 0 Å². The Morgan fingerprint density at radius 3 is 1.88 bits per heavy atom. The Hall–Kier alpha value is -1.90. The fraction of sp³-hybridized carbons (Fsp3) is 0.333. The molecule has 0 spiro atoms. The number of aryl methyl sites for hydroxylation is 2. The molecule has 8 heteroatoms. The van der Waals surface area contributed by atoms with E-state index in [4.69, 9.17) is 0 Å². The lowest BCUT2D eigenvalue weighted by Crippen LogP contribution is -2.22. The van der Waals surface area contributed by atoms with Gasteiger partial charge in [0.2, 0.25) is 20.0 Å². The molecule has 0 aromatic heterocycles. The highest BCUT2D eigenvalue weighted by molar-refractivity contribution is 7.92. The van der Waals surface area contributed by atoms with E-state index in [9.17, 15) is 16.8 Å². The zero-order chi connectivity index (χ0) is 19.4. The molecule has 0 bridgehead atoms. The highest BCUT2D eigenvalue weighted by Crippen LogP contribution is 2.16. The molecule has 0 amide bonds. The molecule has 0 aliphatic heterocycles. The van der Waals surface area contributed by atoms with Crippen LogP contribution in [0.1, 0.15) is 18.1 Å². The van der Waals surface area contributed by atoms with E-state index in [1.54, 1.807) is 24.3 Å². The van der Waals surface area contributed by atoms with Crippen LogP contribution in [-0.2, 0) is 32.9 Å². The number of nitrogens with zero attached hydrogens (tertiary/aromatic N) is 1. The normalized spacial score (nSPS) is 12.3. The largest absolute Gasteiger partial charge is 0.284 e. The number of sulfonamides is 2. The predicted molar refractivity (Wildman–Crippen MR) is 104 cm³/mol. The molecular formula is C18H24N2O4S2. The lowest BCUT2D eigenvalue weighted by atomic mass is 10.2. The average Bonchev–Trinajstić information content (AvgIpc) is 2.60. The van der Waals surface area contributed by atoms with Crippen molar-refractivity contribution in [2.45, 2.75) is 24.7 Å². The van der Waals surface area contributed by atoms with Gasteiger partial charge < -0.3 is 0 Å². The Morgan fingerprint density at radius 1 is 0.846 bits per heavy atom. The van der Waals surface area contributed by atoms with Crippen molar-refractivity contribution in [2.24, 2.45) is 0 Å². The average molecular weight is 397 g/mol. The highest BCUT2D eigenvalue weighted by Gasteiger charge is 2.17. The lowest BCUT2D eigenvalue weighted by Gasteiger charge is -2.12. The van der Waals surface area contributed by atoms with Gasteiger partial charge >= 0.3 is 0 Å². The molecule has 0 radical (unpaired) electrons. The number of anilines is 1. The minimum absolute atomic E-state index is 0.0810. The molecule has 0 unspecified atom stereocenters.